The second-order valence-electron chi connectivity index (χ2n) is 7.42. The third-order valence-corrected chi connectivity index (χ3v) is 5.46. The molecule has 3 heterocycles. The van der Waals surface area contributed by atoms with Gasteiger partial charge in [-0.3, -0.25) is 4.79 Å². The van der Waals surface area contributed by atoms with E-state index in [2.05, 4.69) is 45.7 Å². The Hall–Kier alpha value is -2.67. The van der Waals surface area contributed by atoms with Gasteiger partial charge in [0.15, 0.2) is 0 Å². The Balaban J connectivity index is 1.26. The van der Waals surface area contributed by atoms with Crippen molar-refractivity contribution in [1.29, 1.82) is 0 Å². The van der Waals surface area contributed by atoms with Crippen LogP contribution >= 0.6 is 0 Å². The van der Waals surface area contributed by atoms with Gasteiger partial charge in [0.2, 0.25) is 11.9 Å². The molecule has 2 aliphatic rings. The molecule has 0 saturated carbocycles. The summed E-state index contributed by atoms with van der Waals surface area (Å²) >= 11 is 0. The molecule has 0 fully saturated rings. The number of nitrogens with zero attached hydrogens (tertiary/aromatic N) is 3. The average Bonchev–Trinajstić information content (AvgIpc) is 3.18. The highest BCUT2D eigenvalue weighted by atomic mass is 16.5. The van der Waals surface area contributed by atoms with Crippen LogP contribution in [0.25, 0.3) is 0 Å². The van der Waals surface area contributed by atoms with Gasteiger partial charge in [0.25, 0.3) is 0 Å². The van der Waals surface area contributed by atoms with Gasteiger partial charge in [-0.15, -0.1) is 0 Å². The van der Waals surface area contributed by atoms with Crippen LogP contribution in [0.3, 0.4) is 0 Å². The van der Waals surface area contributed by atoms with E-state index in [0.717, 1.165) is 56.1 Å². The van der Waals surface area contributed by atoms with Crippen LogP contribution in [0.2, 0.25) is 0 Å². The van der Waals surface area contributed by atoms with Crippen molar-refractivity contribution in [3.05, 3.63) is 46.8 Å². The highest BCUT2D eigenvalue weighted by molar-refractivity contribution is 5.73. The number of fused-ring (bicyclic) bond motifs is 2. The van der Waals surface area contributed by atoms with Gasteiger partial charge in [-0.25, -0.2) is 9.97 Å². The number of aromatic nitrogens is 2. The fourth-order valence-corrected chi connectivity index (χ4v) is 3.70. The van der Waals surface area contributed by atoms with E-state index in [-0.39, 0.29) is 11.9 Å². The molecule has 0 saturated heterocycles. The molecule has 4 rings (SSSR count). The Bertz CT molecular complexity index is 870. The summed E-state index contributed by atoms with van der Waals surface area (Å²) in [7, 11) is 0. The molecule has 2 aromatic rings. The Morgan fingerprint density at radius 2 is 2.18 bits per heavy atom. The lowest BCUT2D eigenvalue weighted by molar-refractivity contribution is -0.129. The van der Waals surface area contributed by atoms with E-state index in [1.165, 1.54) is 11.1 Å². The fourth-order valence-electron chi connectivity index (χ4n) is 3.70. The van der Waals surface area contributed by atoms with Crippen LogP contribution < -0.4 is 15.4 Å². The molecule has 0 bridgehead atoms. The number of benzene rings is 1. The van der Waals surface area contributed by atoms with Gasteiger partial charge < -0.3 is 20.3 Å². The zero-order valence-electron chi connectivity index (χ0n) is 16.5. The predicted octanol–water partition coefficient (Wildman–Crippen LogP) is 2.08. The number of nitrogens with one attached hydrogen (secondary N) is 2. The van der Waals surface area contributed by atoms with Crippen molar-refractivity contribution in [2.24, 2.45) is 0 Å². The summed E-state index contributed by atoms with van der Waals surface area (Å²) in [6.45, 7) is 7.43. The zero-order chi connectivity index (χ0) is 19.5. The van der Waals surface area contributed by atoms with Crippen molar-refractivity contribution in [2.45, 2.75) is 39.3 Å². The van der Waals surface area contributed by atoms with Crippen molar-refractivity contribution >= 4 is 11.9 Å². The molecular weight excluding hydrogens is 354 g/mol. The molecule has 2 N–H and O–H groups in total. The average molecular weight is 381 g/mol. The van der Waals surface area contributed by atoms with E-state index in [4.69, 9.17) is 4.74 Å². The number of hydrogen-bond donors (Lipinski definition) is 2. The number of hydrogen-bond acceptors (Lipinski definition) is 6. The molecule has 148 valence electrons. The lowest BCUT2D eigenvalue weighted by Gasteiger charge is -2.27. The second kappa shape index (κ2) is 8.14. The van der Waals surface area contributed by atoms with Gasteiger partial charge in [-0.05, 0) is 24.1 Å². The predicted molar refractivity (Wildman–Crippen MR) is 107 cm³/mol. The summed E-state index contributed by atoms with van der Waals surface area (Å²) in [5, 5.41) is 6.81. The van der Waals surface area contributed by atoms with Gasteiger partial charge in [0, 0.05) is 63.7 Å². The molecule has 7 heteroatoms. The van der Waals surface area contributed by atoms with Crippen molar-refractivity contribution in [1.82, 2.24) is 20.2 Å². The van der Waals surface area contributed by atoms with E-state index in [0.29, 0.717) is 12.5 Å². The first-order chi connectivity index (χ1) is 13.6. The van der Waals surface area contributed by atoms with E-state index in [9.17, 15) is 4.79 Å². The Morgan fingerprint density at radius 3 is 3.04 bits per heavy atom. The third-order valence-electron chi connectivity index (χ3n) is 5.46. The van der Waals surface area contributed by atoms with E-state index in [1.807, 2.05) is 11.1 Å². The van der Waals surface area contributed by atoms with Crippen LogP contribution in [-0.4, -0.2) is 47.0 Å². The normalized spacial score (nSPS) is 16.1. The third kappa shape index (κ3) is 4.09. The smallest absolute Gasteiger partial charge is 0.222 e. The molecular formula is C21H27N5O2. The summed E-state index contributed by atoms with van der Waals surface area (Å²) < 4.78 is 5.66. The standard InChI is InChI=1S/C21H27N5O2/c1-14(17-4-3-16-6-10-28-20(16)11-17)22-7-8-23-21-24-12-18-13-26(15(2)27)9-5-19(18)25-21/h3-4,11-12,14,22H,5-10,13H2,1-2H3,(H,23,24,25). The van der Waals surface area contributed by atoms with Crippen molar-refractivity contribution in [3.63, 3.8) is 0 Å². The van der Waals surface area contributed by atoms with Gasteiger partial charge in [0.05, 0.1) is 12.3 Å². The van der Waals surface area contributed by atoms with Crippen LogP contribution in [0.5, 0.6) is 5.75 Å². The molecule has 0 aliphatic carbocycles. The highest BCUT2D eigenvalue weighted by Gasteiger charge is 2.20. The monoisotopic (exact) mass is 381 g/mol. The first-order valence-corrected chi connectivity index (χ1v) is 9.93. The molecule has 1 atom stereocenters. The summed E-state index contributed by atoms with van der Waals surface area (Å²) in [5.74, 6) is 1.77. The topological polar surface area (TPSA) is 79.4 Å². The molecule has 1 aromatic heterocycles. The van der Waals surface area contributed by atoms with Gasteiger partial charge in [0.1, 0.15) is 5.75 Å². The second-order valence-corrected chi connectivity index (χ2v) is 7.42. The van der Waals surface area contributed by atoms with E-state index < -0.39 is 0 Å². The molecule has 0 spiro atoms. The minimum atomic E-state index is 0.1000. The molecule has 1 aromatic carbocycles. The Morgan fingerprint density at radius 1 is 1.29 bits per heavy atom. The van der Waals surface area contributed by atoms with Crippen LogP contribution in [0, 0.1) is 0 Å². The van der Waals surface area contributed by atoms with Crippen molar-refractivity contribution in [3.8, 4) is 5.75 Å². The van der Waals surface area contributed by atoms with Crippen LogP contribution in [0.1, 0.15) is 42.3 Å². The summed E-state index contributed by atoms with van der Waals surface area (Å²) in [6.07, 6.45) is 3.62. The molecule has 0 radical (unpaired) electrons. The number of anilines is 1. The maximum atomic E-state index is 11.5. The lowest BCUT2D eigenvalue weighted by atomic mass is 10.0. The van der Waals surface area contributed by atoms with Crippen LogP contribution in [0.4, 0.5) is 5.95 Å². The molecule has 7 nitrogen and oxygen atoms in total. The number of amides is 1. The summed E-state index contributed by atoms with van der Waals surface area (Å²) in [6, 6.07) is 6.74. The SMILES string of the molecule is CC(=O)N1CCc2nc(NCCNC(C)c3ccc4c(c3)OCC4)ncc2C1. The molecule has 2 aliphatic heterocycles. The molecule has 1 amide bonds. The fraction of sp³-hybridized carbons (Fsp3) is 0.476. The number of ether oxygens (including phenoxy) is 1. The first-order valence-electron chi connectivity index (χ1n) is 9.93. The van der Waals surface area contributed by atoms with Crippen LogP contribution in [-0.2, 0) is 24.2 Å². The van der Waals surface area contributed by atoms with E-state index >= 15 is 0 Å². The minimum absolute atomic E-state index is 0.1000. The lowest BCUT2D eigenvalue weighted by Crippen LogP contribution is -2.35. The van der Waals surface area contributed by atoms with Gasteiger partial charge >= 0.3 is 0 Å². The van der Waals surface area contributed by atoms with Gasteiger partial charge in [-0.1, -0.05) is 12.1 Å². The summed E-state index contributed by atoms with van der Waals surface area (Å²) in [4.78, 5) is 22.4. The first kappa shape index (κ1) is 18.7. The van der Waals surface area contributed by atoms with Gasteiger partial charge in [-0.2, -0.15) is 0 Å². The number of carbonyl (C=O) groups is 1. The summed E-state index contributed by atoms with van der Waals surface area (Å²) in [5.41, 5.74) is 4.61. The van der Waals surface area contributed by atoms with Crippen molar-refractivity contribution in [2.75, 3.05) is 31.6 Å². The Labute approximate surface area is 165 Å². The zero-order valence-corrected chi connectivity index (χ0v) is 16.5. The number of rotatable bonds is 6. The largest absolute Gasteiger partial charge is 0.493 e. The molecule has 28 heavy (non-hydrogen) atoms. The number of carbonyl (C=O) groups excluding carboxylic acids is 1. The maximum absolute atomic E-state index is 11.5. The maximum Gasteiger partial charge on any atom is 0.222 e. The Kier molecular flexibility index (Phi) is 5.43. The van der Waals surface area contributed by atoms with Crippen molar-refractivity contribution < 1.29 is 9.53 Å². The van der Waals surface area contributed by atoms with E-state index in [1.54, 1.807) is 6.92 Å². The molecule has 1 unspecified atom stereocenters. The quantitative estimate of drug-likeness (QED) is 0.746. The minimum Gasteiger partial charge on any atom is -0.493 e. The van der Waals surface area contributed by atoms with Crippen LogP contribution in [0.15, 0.2) is 24.4 Å². The highest BCUT2D eigenvalue weighted by Crippen LogP contribution is 2.28.